The summed E-state index contributed by atoms with van der Waals surface area (Å²) in [5.41, 5.74) is 5.61. The van der Waals surface area contributed by atoms with Crippen molar-refractivity contribution in [3.63, 3.8) is 0 Å². The number of nitrogens with zero attached hydrogens (tertiary/aromatic N) is 4. The molecule has 0 aliphatic carbocycles. The number of hydrogen-bond acceptors (Lipinski definition) is 3. The van der Waals surface area contributed by atoms with Crippen LogP contribution in [0.15, 0.2) is 72.9 Å². The molecular weight excluding hydrogens is 427 g/mol. The lowest BCUT2D eigenvalue weighted by Gasteiger charge is -2.16. The fraction of sp³-hybridized carbons (Fsp3) is 0. The number of benzene rings is 3. The standard InChI is InChI=1S/C25H12Cl2N4/c26-17-8-4-15(5-9-17)22-19(13-28)20(14-29)24-25(31-12-2-1-3-21(31)30-24)23(22)16-6-10-18(27)11-7-16/h1-12H. The molecule has 0 saturated carbocycles. The molecule has 2 heterocycles. The molecule has 0 aliphatic heterocycles. The maximum atomic E-state index is 10.1. The van der Waals surface area contributed by atoms with Gasteiger partial charge in [0.1, 0.15) is 23.3 Å². The third-order valence-corrected chi connectivity index (χ3v) is 5.75. The first-order chi connectivity index (χ1) is 15.1. The van der Waals surface area contributed by atoms with Crippen LogP contribution >= 0.6 is 23.2 Å². The van der Waals surface area contributed by atoms with E-state index in [-0.39, 0.29) is 11.1 Å². The second-order valence-corrected chi connectivity index (χ2v) is 7.85. The Morgan fingerprint density at radius 2 is 1.29 bits per heavy atom. The van der Waals surface area contributed by atoms with Gasteiger partial charge >= 0.3 is 0 Å². The van der Waals surface area contributed by atoms with E-state index in [1.165, 1.54) is 0 Å². The molecule has 0 fully saturated rings. The van der Waals surface area contributed by atoms with E-state index in [0.29, 0.717) is 26.8 Å². The van der Waals surface area contributed by atoms with Crippen LogP contribution in [0.1, 0.15) is 11.1 Å². The molecule has 0 saturated heterocycles. The van der Waals surface area contributed by atoms with Gasteiger partial charge in [-0.15, -0.1) is 0 Å². The van der Waals surface area contributed by atoms with Crippen LogP contribution < -0.4 is 0 Å². The maximum absolute atomic E-state index is 10.1. The van der Waals surface area contributed by atoms with E-state index in [1.54, 1.807) is 12.1 Å². The van der Waals surface area contributed by atoms with Crippen molar-refractivity contribution in [1.29, 1.82) is 10.5 Å². The van der Waals surface area contributed by atoms with Crippen molar-refractivity contribution in [2.75, 3.05) is 0 Å². The second kappa shape index (κ2) is 7.45. The molecule has 0 aliphatic rings. The highest BCUT2D eigenvalue weighted by Crippen LogP contribution is 2.43. The quantitative estimate of drug-likeness (QED) is 0.301. The summed E-state index contributed by atoms with van der Waals surface area (Å²) in [7, 11) is 0. The van der Waals surface area contributed by atoms with Gasteiger partial charge in [0.2, 0.25) is 0 Å². The molecular formula is C25H12Cl2N4. The number of nitriles is 2. The van der Waals surface area contributed by atoms with Gasteiger partial charge in [0.05, 0.1) is 16.6 Å². The zero-order valence-electron chi connectivity index (χ0n) is 16.0. The minimum absolute atomic E-state index is 0.254. The summed E-state index contributed by atoms with van der Waals surface area (Å²) in [6.07, 6.45) is 1.91. The molecule has 2 aromatic heterocycles. The Hall–Kier alpha value is -3.83. The summed E-state index contributed by atoms with van der Waals surface area (Å²) in [5, 5.41) is 21.3. The first kappa shape index (κ1) is 19.2. The van der Waals surface area contributed by atoms with Crippen molar-refractivity contribution in [3.05, 3.63) is 94.1 Å². The molecule has 0 amide bonds. The number of halogens is 2. The SMILES string of the molecule is N#Cc1c(-c2ccc(Cl)cc2)c(-c2ccc(Cl)cc2)c2c(nc3ccccn32)c1C#N. The topological polar surface area (TPSA) is 64.9 Å². The van der Waals surface area contributed by atoms with Crippen LogP contribution in [0.2, 0.25) is 10.0 Å². The normalized spacial score (nSPS) is 10.8. The molecule has 146 valence electrons. The first-order valence-electron chi connectivity index (χ1n) is 9.41. The average Bonchev–Trinajstić information content (AvgIpc) is 3.18. The smallest absolute Gasteiger partial charge is 0.137 e. The van der Waals surface area contributed by atoms with Gasteiger partial charge in [0.25, 0.3) is 0 Å². The van der Waals surface area contributed by atoms with Crippen LogP contribution in [0.3, 0.4) is 0 Å². The van der Waals surface area contributed by atoms with Gasteiger partial charge in [-0.2, -0.15) is 10.5 Å². The number of pyridine rings is 1. The summed E-state index contributed by atoms with van der Waals surface area (Å²) < 4.78 is 1.95. The fourth-order valence-corrected chi connectivity index (χ4v) is 4.17. The Morgan fingerprint density at radius 1 is 0.710 bits per heavy atom. The van der Waals surface area contributed by atoms with Crippen LogP contribution in [-0.4, -0.2) is 9.38 Å². The number of fused-ring (bicyclic) bond motifs is 3. The third kappa shape index (κ3) is 3.02. The largest absolute Gasteiger partial charge is 0.299 e. The molecule has 6 heteroatoms. The molecule has 4 nitrogen and oxygen atoms in total. The second-order valence-electron chi connectivity index (χ2n) is 6.98. The van der Waals surface area contributed by atoms with Crippen LogP contribution in [-0.2, 0) is 0 Å². The Morgan fingerprint density at radius 3 is 1.87 bits per heavy atom. The summed E-state index contributed by atoms with van der Waals surface area (Å²) >= 11 is 12.3. The van der Waals surface area contributed by atoms with E-state index >= 15 is 0 Å². The van der Waals surface area contributed by atoms with E-state index in [9.17, 15) is 10.5 Å². The average molecular weight is 439 g/mol. The monoisotopic (exact) mass is 438 g/mol. The van der Waals surface area contributed by atoms with E-state index in [4.69, 9.17) is 23.2 Å². The number of hydrogen-bond donors (Lipinski definition) is 0. The minimum atomic E-state index is 0.254. The number of aromatic nitrogens is 2. The van der Waals surface area contributed by atoms with Gasteiger partial charge in [-0.1, -0.05) is 53.5 Å². The zero-order valence-corrected chi connectivity index (χ0v) is 17.5. The lowest BCUT2D eigenvalue weighted by molar-refractivity contribution is 1.23. The van der Waals surface area contributed by atoms with Gasteiger partial charge in [-0.3, -0.25) is 4.40 Å². The lowest BCUT2D eigenvalue weighted by atomic mass is 9.87. The Labute approximate surface area is 188 Å². The molecule has 3 aromatic carbocycles. The predicted molar refractivity (Wildman–Crippen MR) is 123 cm³/mol. The van der Waals surface area contributed by atoms with Crippen molar-refractivity contribution in [1.82, 2.24) is 9.38 Å². The van der Waals surface area contributed by atoms with Crippen LogP contribution in [0.5, 0.6) is 0 Å². The summed E-state index contributed by atoms with van der Waals surface area (Å²) in [5.74, 6) is 0. The number of rotatable bonds is 2. The van der Waals surface area contributed by atoms with E-state index in [0.717, 1.165) is 22.2 Å². The summed E-state index contributed by atoms with van der Waals surface area (Å²) in [4.78, 5) is 4.69. The maximum Gasteiger partial charge on any atom is 0.137 e. The van der Waals surface area contributed by atoms with Crippen molar-refractivity contribution in [3.8, 4) is 34.4 Å². The molecule has 0 atom stereocenters. The lowest BCUT2D eigenvalue weighted by Crippen LogP contribution is -1.98. The summed E-state index contributed by atoms with van der Waals surface area (Å²) in [6, 6.07) is 24.8. The molecule has 0 unspecified atom stereocenters. The molecule has 0 N–H and O–H groups in total. The zero-order chi connectivity index (χ0) is 21.5. The molecule has 0 bridgehead atoms. The van der Waals surface area contributed by atoms with Gasteiger partial charge in [-0.25, -0.2) is 4.98 Å². The van der Waals surface area contributed by atoms with Crippen LogP contribution in [0.25, 0.3) is 38.9 Å². The Kier molecular flexibility index (Phi) is 4.60. The van der Waals surface area contributed by atoms with Gasteiger partial charge in [-0.05, 0) is 47.5 Å². The van der Waals surface area contributed by atoms with Gasteiger partial charge < -0.3 is 0 Å². The van der Waals surface area contributed by atoms with Crippen molar-refractivity contribution < 1.29 is 0 Å². The fourth-order valence-electron chi connectivity index (χ4n) is 3.92. The van der Waals surface area contributed by atoms with Crippen molar-refractivity contribution >= 4 is 39.9 Å². The predicted octanol–water partition coefficient (Wildman–Crippen LogP) is 6.87. The van der Waals surface area contributed by atoms with Crippen molar-refractivity contribution in [2.24, 2.45) is 0 Å². The highest BCUT2D eigenvalue weighted by molar-refractivity contribution is 6.31. The van der Waals surface area contributed by atoms with Crippen LogP contribution in [0, 0.1) is 22.7 Å². The third-order valence-electron chi connectivity index (χ3n) is 5.24. The summed E-state index contributed by atoms with van der Waals surface area (Å²) in [6.45, 7) is 0. The van der Waals surface area contributed by atoms with Gasteiger partial charge in [0.15, 0.2) is 0 Å². The highest BCUT2D eigenvalue weighted by atomic mass is 35.5. The molecule has 0 radical (unpaired) electrons. The molecule has 5 rings (SSSR count). The minimum Gasteiger partial charge on any atom is -0.299 e. The Bertz CT molecular complexity index is 1550. The van der Waals surface area contributed by atoms with Crippen LogP contribution in [0.4, 0.5) is 0 Å². The molecule has 0 spiro atoms. The van der Waals surface area contributed by atoms with Gasteiger partial charge in [0, 0.05) is 27.4 Å². The van der Waals surface area contributed by atoms with Crippen molar-refractivity contribution in [2.45, 2.75) is 0 Å². The Balaban J connectivity index is 2.07. The van der Waals surface area contributed by atoms with E-state index in [2.05, 4.69) is 17.1 Å². The first-order valence-corrected chi connectivity index (χ1v) is 10.2. The van der Waals surface area contributed by atoms with E-state index < -0.39 is 0 Å². The number of imidazole rings is 1. The molecule has 5 aromatic rings. The van der Waals surface area contributed by atoms with E-state index in [1.807, 2.05) is 65.2 Å². The highest BCUT2D eigenvalue weighted by Gasteiger charge is 2.25. The molecule has 31 heavy (non-hydrogen) atoms.